The molecule has 2 rings (SSSR count). The maximum Gasteiger partial charge on any atom is 0.305 e. The number of unbranched alkanes of at least 4 members (excludes halogenated alkanes) is 3. The number of hydrogen-bond acceptors (Lipinski definition) is 6. The van der Waals surface area contributed by atoms with Gasteiger partial charge in [0.1, 0.15) is 24.7 Å². The van der Waals surface area contributed by atoms with Crippen molar-refractivity contribution in [2.75, 3.05) is 7.11 Å². The monoisotopic (exact) mass is 524 g/mol. The number of esters is 1. The molecular weight excluding hydrogens is 484 g/mol. The predicted molar refractivity (Wildman–Crippen MR) is 145 cm³/mol. The van der Waals surface area contributed by atoms with Crippen molar-refractivity contribution < 1.29 is 28.7 Å². The normalized spacial score (nSPS) is 12.3. The predicted octanol–water partition coefficient (Wildman–Crippen LogP) is 4.15. The highest BCUT2D eigenvalue weighted by Crippen LogP contribution is 2.15. The Morgan fingerprint density at radius 3 is 2.11 bits per heavy atom. The average molecular weight is 525 g/mol. The molecule has 2 aromatic rings. The van der Waals surface area contributed by atoms with Crippen LogP contribution in [0.15, 0.2) is 54.6 Å². The molecule has 0 saturated heterocycles. The van der Waals surface area contributed by atoms with E-state index in [9.17, 15) is 19.2 Å². The summed E-state index contributed by atoms with van der Waals surface area (Å²) in [5, 5.41) is 5.57. The second-order valence-corrected chi connectivity index (χ2v) is 9.65. The van der Waals surface area contributed by atoms with Gasteiger partial charge in [-0.1, -0.05) is 69.2 Å². The van der Waals surface area contributed by atoms with Crippen LogP contribution in [0.3, 0.4) is 0 Å². The van der Waals surface area contributed by atoms with Gasteiger partial charge in [0.2, 0.25) is 11.8 Å². The molecule has 1 unspecified atom stereocenters. The molecule has 0 bridgehead atoms. The summed E-state index contributed by atoms with van der Waals surface area (Å²) in [6.45, 7) is 4.16. The summed E-state index contributed by atoms with van der Waals surface area (Å²) in [6, 6.07) is 15.8. The van der Waals surface area contributed by atoms with Crippen LogP contribution in [0.1, 0.15) is 63.5 Å². The highest BCUT2D eigenvalue weighted by molar-refractivity contribution is 5.89. The first-order valence-corrected chi connectivity index (χ1v) is 13.2. The van der Waals surface area contributed by atoms with E-state index in [1.807, 2.05) is 68.4 Å². The zero-order valence-corrected chi connectivity index (χ0v) is 22.6. The molecule has 206 valence electrons. The summed E-state index contributed by atoms with van der Waals surface area (Å²) >= 11 is 0. The number of aldehydes is 1. The summed E-state index contributed by atoms with van der Waals surface area (Å²) in [7, 11) is 1.37. The molecule has 0 aromatic heterocycles. The van der Waals surface area contributed by atoms with Gasteiger partial charge in [-0.15, -0.1) is 0 Å². The minimum Gasteiger partial charge on any atom is -0.489 e. The van der Waals surface area contributed by atoms with Crippen LogP contribution in [0.2, 0.25) is 0 Å². The maximum atomic E-state index is 12.9. The van der Waals surface area contributed by atoms with Gasteiger partial charge < -0.3 is 24.9 Å². The third-order valence-electron chi connectivity index (χ3n) is 6.15. The van der Waals surface area contributed by atoms with Gasteiger partial charge in [0.25, 0.3) is 0 Å². The van der Waals surface area contributed by atoms with Gasteiger partial charge >= 0.3 is 5.97 Å². The number of ether oxygens (including phenoxy) is 2. The first kappa shape index (κ1) is 30.5. The van der Waals surface area contributed by atoms with Crippen molar-refractivity contribution in [3.63, 3.8) is 0 Å². The molecule has 0 heterocycles. The molecule has 0 radical (unpaired) electrons. The Kier molecular flexibility index (Phi) is 13.6. The van der Waals surface area contributed by atoms with E-state index in [0.29, 0.717) is 38.6 Å². The van der Waals surface area contributed by atoms with E-state index >= 15 is 0 Å². The molecule has 0 spiro atoms. The number of benzene rings is 2. The molecule has 0 saturated carbocycles. The van der Waals surface area contributed by atoms with Crippen LogP contribution >= 0.6 is 0 Å². The van der Waals surface area contributed by atoms with Crippen LogP contribution in [0.5, 0.6) is 5.75 Å². The number of rotatable bonds is 17. The third kappa shape index (κ3) is 11.6. The standard InChI is InChI=1S/C30H40N2O6/c1-22(2)29(32-27(34)13-9-4-5-10-14-28(35)37-3)30(36)31-25(20-33)19-23-15-17-26(18-16-23)38-21-24-11-7-6-8-12-24/h6-8,11-12,15-18,20,22,25,29H,4-5,9-10,13-14,19,21H2,1-3H3,(H,31,36)(H,32,34)/t25?,29-/m0/s1. The molecule has 0 fully saturated rings. The molecule has 2 amide bonds. The number of amides is 2. The molecular formula is C30H40N2O6. The average Bonchev–Trinajstić information content (AvgIpc) is 2.92. The highest BCUT2D eigenvalue weighted by Gasteiger charge is 2.26. The van der Waals surface area contributed by atoms with E-state index in [1.165, 1.54) is 7.11 Å². The Bertz CT molecular complexity index is 1010. The van der Waals surface area contributed by atoms with E-state index < -0.39 is 12.1 Å². The fourth-order valence-electron chi connectivity index (χ4n) is 3.91. The van der Waals surface area contributed by atoms with Crippen molar-refractivity contribution in [2.45, 2.75) is 77.5 Å². The Morgan fingerprint density at radius 2 is 1.50 bits per heavy atom. The lowest BCUT2D eigenvalue weighted by Crippen LogP contribution is -2.52. The van der Waals surface area contributed by atoms with E-state index in [-0.39, 0.29) is 23.7 Å². The number of nitrogens with one attached hydrogen (secondary N) is 2. The topological polar surface area (TPSA) is 111 Å². The lowest BCUT2D eigenvalue weighted by Gasteiger charge is -2.24. The summed E-state index contributed by atoms with van der Waals surface area (Å²) in [4.78, 5) is 48.2. The molecule has 38 heavy (non-hydrogen) atoms. The zero-order chi connectivity index (χ0) is 27.8. The van der Waals surface area contributed by atoms with Crippen LogP contribution in [0.4, 0.5) is 0 Å². The van der Waals surface area contributed by atoms with Crippen molar-refractivity contribution in [1.29, 1.82) is 0 Å². The van der Waals surface area contributed by atoms with Crippen LogP contribution in [-0.2, 0) is 36.9 Å². The molecule has 0 aliphatic rings. The smallest absolute Gasteiger partial charge is 0.305 e. The number of methoxy groups -OCH3 is 1. The SMILES string of the molecule is COC(=O)CCCCCCC(=O)N[C@H](C(=O)NC(C=O)Cc1ccc(OCc2ccccc2)cc1)C(C)C. The first-order valence-electron chi connectivity index (χ1n) is 13.2. The van der Waals surface area contributed by atoms with Crippen LogP contribution in [0, 0.1) is 5.92 Å². The van der Waals surface area contributed by atoms with Crippen molar-refractivity contribution in [2.24, 2.45) is 5.92 Å². The van der Waals surface area contributed by atoms with Crippen molar-refractivity contribution in [1.82, 2.24) is 10.6 Å². The van der Waals surface area contributed by atoms with Gasteiger partial charge in [0.05, 0.1) is 13.2 Å². The molecule has 2 N–H and O–H groups in total. The van der Waals surface area contributed by atoms with Gasteiger partial charge in [-0.3, -0.25) is 14.4 Å². The van der Waals surface area contributed by atoms with Crippen LogP contribution in [0.25, 0.3) is 0 Å². The third-order valence-corrected chi connectivity index (χ3v) is 6.15. The quantitative estimate of drug-likeness (QED) is 0.183. The number of carbonyl (C=O) groups is 4. The largest absolute Gasteiger partial charge is 0.489 e. The van der Waals surface area contributed by atoms with Crippen LogP contribution < -0.4 is 15.4 Å². The van der Waals surface area contributed by atoms with E-state index in [0.717, 1.165) is 36.1 Å². The first-order chi connectivity index (χ1) is 18.3. The minimum absolute atomic E-state index is 0.146. The van der Waals surface area contributed by atoms with E-state index in [1.54, 1.807) is 0 Å². The van der Waals surface area contributed by atoms with Gasteiger partial charge in [-0.25, -0.2) is 0 Å². The van der Waals surface area contributed by atoms with E-state index in [4.69, 9.17) is 4.74 Å². The maximum absolute atomic E-state index is 12.9. The second kappa shape index (κ2) is 16.9. The van der Waals surface area contributed by atoms with Crippen molar-refractivity contribution in [3.8, 4) is 5.75 Å². The fourth-order valence-corrected chi connectivity index (χ4v) is 3.91. The molecule has 8 nitrogen and oxygen atoms in total. The molecule has 2 aromatic carbocycles. The van der Waals surface area contributed by atoms with Gasteiger partial charge in [0.15, 0.2) is 0 Å². The summed E-state index contributed by atoms with van der Waals surface area (Å²) in [6.07, 6.45) is 4.75. The number of hydrogen-bond donors (Lipinski definition) is 2. The summed E-state index contributed by atoms with van der Waals surface area (Å²) in [5.74, 6) is -0.248. The Morgan fingerprint density at radius 1 is 0.842 bits per heavy atom. The fraction of sp³-hybridized carbons (Fsp3) is 0.467. The number of carbonyl (C=O) groups excluding carboxylic acids is 4. The van der Waals surface area contributed by atoms with Crippen LogP contribution in [-0.4, -0.2) is 43.3 Å². The summed E-state index contributed by atoms with van der Waals surface area (Å²) < 4.78 is 10.4. The van der Waals surface area contributed by atoms with Crippen molar-refractivity contribution >= 4 is 24.1 Å². The van der Waals surface area contributed by atoms with E-state index in [2.05, 4.69) is 15.4 Å². The second-order valence-electron chi connectivity index (χ2n) is 9.65. The van der Waals surface area contributed by atoms with Gasteiger partial charge in [-0.2, -0.15) is 0 Å². The van der Waals surface area contributed by atoms with Crippen molar-refractivity contribution in [3.05, 3.63) is 65.7 Å². The lowest BCUT2D eigenvalue weighted by molar-refractivity contribution is -0.140. The Hall–Kier alpha value is -3.68. The zero-order valence-electron chi connectivity index (χ0n) is 22.6. The Labute approximate surface area is 225 Å². The van der Waals surface area contributed by atoms with Gasteiger partial charge in [-0.05, 0) is 48.4 Å². The molecule has 0 aliphatic carbocycles. The van der Waals surface area contributed by atoms with Gasteiger partial charge in [0, 0.05) is 12.8 Å². The highest BCUT2D eigenvalue weighted by atomic mass is 16.5. The lowest BCUT2D eigenvalue weighted by atomic mass is 10.0. The molecule has 8 heteroatoms. The Balaban J connectivity index is 1.79. The summed E-state index contributed by atoms with van der Waals surface area (Å²) in [5.41, 5.74) is 1.95. The molecule has 2 atom stereocenters. The minimum atomic E-state index is -0.738. The molecule has 0 aliphatic heterocycles.